The van der Waals surface area contributed by atoms with Gasteiger partial charge in [0.2, 0.25) is 5.91 Å². The third kappa shape index (κ3) is 1.76. The molecule has 1 amide bonds. The van der Waals surface area contributed by atoms with E-state index in [1.165, 1.54) is 0 Å². The van der Waals surface area contributed by atoms with Crippen LogP contribution in [0, 0.1) is 13.8 Å². The molecule has 2 rings (SSSR count). The van der Waals surface area contributed by atoms with Crippen LogP contribution in [0.25, 0.3) is 0 Å². The average Bonchev–Trinajstić information content (AvgIpc) is 2.43. The molecule has 4 heteroatoms. The van der Waals surface area contributed by atoms with Crippen LogP contribution < -0.4 is 16.4 Å². The molecule has 1 atom stereocenters. The Morgan fingerprint density at radius 3 is 2.56 bits per heavy atom. The van der Waals surface area contributed by atoms with Gasteiger partial charge in [-0.2, -0.15) is 0 Å². The van der Waals surface area contributed by atoms with Crippen molar-refractivity contribution in [2.24, 2.45) is 5.73 Å². The van der Waals surface area contributed by atoms with Gasteiger partial charge in [-0.05, 0) is 31.0 Å². The highest BCUT2D eigenvalue weighted by atomic mass is 16.2. The van der Waals surface area contributed by atoms with E-state index in [2.05, 4.69) is 0 Å². The van der Waals surface area contributed by atoms with Gasteiger partial charge >= 0.3 is 0 Å². The van der Waals surface area contributed by atoms with E-state index in [0.717, 1.165) is 16.8 Å². The highest BCUT2D eigenvalue weighted by Crippen LogP contribution is 2.31. The van der Waals surface area contributed by atoms with Gasteiger partial charge in [0.25, 0.3) is 0 Å². The molecule has 1 aromatic carbocycles. The molecule has 0 aliphatic carbocycles. The fourth-order valence-corrected chi connectivity index (χ4v) is 2.31. The van der Waals surface area contributed by atoms with Gasteiger partial charge in [-0.25, -0.2) is 0 Å². The molecule has 1 aliphatic heterocycles. The molecule has 1 fully saturated rings. The summed E-state index contributed by atoms with van der Waals surface area (Å²) in [7, 11) is 0. The first-order chi connectivity index (χ1) is 7.49. The Labute approximate surface area is 95.2 Å². The molecule has 1 saturated heterocycles. The molecule has 86 valence electrons. The number of nitrogens with zero attached hydrogens (tertiary/aromatic N) is 1. The van der Waals surface area contributed by atoms with E-state index in [4.69, 9.17) is 11.5 Å². The first kappa shape index (κ1) is 11.0. The fourth-order valence-electron chi connectivity index (χ4n) is 2.31. The van der Waals surface area contributed by atoms with Crippen LogP contribution in [0.5, 0.6) is 0 Å². The van der Waals surface area contributed by atoms with Crippen molar-refractivity contribution in [3.05, 3.63) is 23.3 Å². The molecule has 0 radical (unpaired) electrons. The standard InChI is InChI=1S/C12H17N3O/c1-7-3-8(2)12(10(14)4-7)15-6-9(13)5-11(15)16/h3-4,9H,5-6,13-14H2,1-2H3. The minimum Gasteiger partial charge on any atom is -0.397 e. The van der Waals surface area contributed by atoms with Crippen molar-refractivity contribution in [1.82, 2.24) is 0 Å². The van der Waals surface area contributed by atoms with Gasteiger partial charge in [0, 0.05) is 19.0 Å². The number of rotatable bonds is 1. The Morgan fingerprint density at radius 1 is 1.38 bits per heavy atom. The summed E-state index contributed by atoms with van der Waals surface area (Å²) in [4.78, 5) is 13.5. The van der Waals surface area contributed by atoms with Crippen LogP contribution in [0.15, 0.2) is 12.1 Å². The second-order valence-corrected chi connectivity index (χ2v) is 4.49. The van der Waals surface area contributed by atoms with Crippen LogP contribution in [-0.4, -0.2) is 18.5 Å². The van der Waals surface area contributed by atoms with Crippen LogP contribution in [0.4, 0.5) is 11.4 Å². The Balaban J connectivity index is 2.44. The van der Waals surface area contributed by atoms with E-state index in [1.54, 1.807) is 4.90 Å². The van der Waals surface area contributed by atoms with Gasteiger partial charge in [-0.15, -0.1) is 0 Å². The van der Waals surface area contributed by atoms with Crippen LogP contribution in [0.3, 0.4) is 0 Å². The van der Waals surface area contributed by atoms with E-state index >= 15 is 0 Å². The van der Waals surface area contributed by atoms with Crippen molar-refractivity contribution < 1.29 is 4.79 Å². The normalized spacial score (nSPS) is 20.6. The van der Waals surface area contributed by atoms with Crippen LogP contribution >= 0.6 is 0 Å². The molecule has 4 nitrogen and oxygen atoms in total. The molecule has 1 unspecified atom stereocenters. The van der Waals surface area contributed by atoms with Crippen LogP contribution in [0.2, 0.25) is 0 Å². The maximum absolute atomic E-state index is 11.8. The lowest BCUT2D eigenvalue weighted by Gasteiger charge is -2.21. The zero-order valence-corrected chi connectivity index (χ0v) is 9.66. The Hall–Kier alpha value is -1.55. The van der Waals surface area contributed by atoms with Gasteiger partial charge in [-0.3, -0.25) is 4.79 Å². The second-order valence-electron chi connectivity index (χ2n) is 4.49. The van der Waals surface area contributed by atoms with E-state index in [-0.39, 0.29) is 11.9 Å². The summed E-state index contributed by atoms with van der Waals surface area (Å²) in [6.45, 7) is 4.52. The number of carbonyl (C=O) groups is 1. The number of hydrogen-bond donors (Lipinski definition) is 2. The first-order valence-electron chi connectivity index (χ1n) is 5.41. The minimum atomic E-state index is -0.0763. The minimum absolute atomic E-state index is 0.0613. The number of carbonyl (C=O) groups excluding carboxylic acids is 1. The van der Waals surface area contributed by atoms with E-state index in [1.807, 2.05) is 26.0 Å². The van der Waals surface area contributed by atoms with Crippen molar-refractivity contribution >= 4 is 17.3 Å². The van der Waals surface area contributed by atoms with Gasteiger partial charge < -0.3 is 16.4 Å². The van der Waals surface area contributed by atoms with Gasteiger partial charge in [0.15, 0.2) is 0 Å². The zero-order chi connectivity index (χ0) is 11.9. The summed E-state index contributed by atoms with van der Waals surface area (Å²) in [6, 6.07) is 3.84. The highest BCUT2D eigenvalue weighted by molar-refractivity contribution is 5.99. The fraction of sp³-hybridized carbons (Fsp3) is 0.417. The summed E-state index contributed by atoms with van der Waals surface area (Å²) in [5, 5.41) is 0. The summed E-state index contributed by atoms with van der Waals surface area (Å²) in [6.07, 6.45) is 0.409. The maximum Gasteiger partial charge on any atom is 0.228 e. The molecule has 1 aromatic rings. The SMILES string of the molecule is Cc1cc(C)c(N2CC(N)CC2=O)c(N)c1. The molecule has 0 aromatic heterocycles. The van der Waals surface area contributed by atoms with Gasteiger partial charge in [0.05, 0.1) is 11.4 Å². The first-order valence-corrected chi connectivity index (χ1v) is 5.41. The van der Waals surface area contributed by atoms with Crippen molar-refractivity contribution in [1.29, 1.82) is 0 Å². The van der Waals surface area contributed by atoms with Crippen LogP contribution in [-0.2, 0) is 4.79 Å². The lowest BCUT2D eigenvalue weighted by atomic mass is 10.1. The van der Waals surface area contributed by atoms with Crippen molar-refractivity contribution in [3.8, 4) is 0 Å². The predicted octanol–water partition coefficient (Wildman–Crippen LogP) is 0.950. The van der Waals surface area contributed by atoms with Gasteiger partial charge in [-0.1, -0.05) is 6.07 Å². The Morgan fingerprint density at radius 2 is 2.06 bits per heavy atom. The van der Waals surface area contributed by atoms with E-state index < -0.39 is 0 Å². The third-order valence-electron chi connectivity index (χ3n) is 2.90. The van der Waals surface area contributed by atoms with Crippen molar-refractivity contribution in [3.63, 3.8) is 0 Å². The van der Waals surface area contributed by atoms with Crippen molar-refractivity contribution in [2.75, 3.05) is 17.2 Å². The summed E-state index contributed by atoms with van der Waals surface area (Å²) < 4.78 is 0. The Kier molecular flexibility index (Phi) is 2.59. The smallest absolute Gasteiger partial charge is 0.228 e. The molecule has 0 spiro atoms. The van der Waals surface area contributed by atoms with E-state index in [9.17, 15) is 4.79 Å². The molecular weight excluding hydrogens is 202 g/mol. The number of hydrogen-bond acceptors (Lipinski definition) is 3. The molecule has 0 saturated carbocycles. The molecule has 4 N–H and O–H groups in total. The van der Waals surface area contributed by atoms with Gasteiger partial charge in [0.1, 0.15) is 0 Å². The summed E-state index contributed by atoms with van der Waals surface area (Å²) >= 11 is 0. The second kappa shape index (κ2) is 3.79. The molecular formula is C12H17N3O. The highest BCUT2D eigenvalue weighted by Gasteiger charge is 2.30. The Bertz CT molecular complexity index is 419. The van der Waals surface area contributed by atoms with E-state index in [0.29, 0.717) is 18.7 Å². The summed E-state index contributed by atoms with van der Waals surface area (Å²) in [5.41, 5.74) is 15.4. The predicted molar refractivity (Wildman–Crippen MR) is 65.3 cm³/mol. The molecule has 0 bridgehead atoms. The largest absolute Gasteiger partial charge is 0.397 e. The topological polar surface area (TPSA) is 72.3 Å². The number of aryl methyl sites for hydroxylation is 2. The third-order valence-corrected chi connectivity index (χ3v) is 2.90. The number of amides is 1. The molecule has 1 aliphatic rings. The number of nitrogen functional groups attached to an aromatic ring is 1. The molecule has 1 heterocycles. The lowest BCUT2D eigenvalue weighted by Crippen LogP contribution is -2.29. The number of anilines is 2. The summed E-state index contributed by atoms with van der Waals surface area (Å²) in [5.74, 6) is 0.0613. The van der Waals surface area contributed by atoms with Crippen molar-refractivity contribution in [2.45, 2.75) is 26.3 Å². The number of nitrogens with two attached hydrogens (primary N) is 2. The average molecular weight is 219 g/mol. The number of benzene rings is 1. The van der Waals surface area contributed by atoms with Crippen LogP contribution in [0.1, 0.15) is 17.5 Å². The molecule has 16 heavy (non-hydrogen) atoms. The quantitative estimate of drug-likeness (QED) is 0.691. The maximum atomic E-state index is 11.8. The zero-order valence-electron chi connectivity index (χ0n) is 9.66. The monoisotopic (exact) mass is 219 g/mol. The lowest BCUT2D eigenvalue weighted by molar-refractivity contribution is -0.117.